The predicted molar refractivity (Wildman–Crippen MR) is 33.7 cm³/mol. The molecule has 5 heteroatoms. The first-order valence-electron chi connectivity index (χ1n) is 2.41. The molecular weight excluding hydrogens is 103 g/mol. The van der Waals surface area contributed by atoms with Gasteiger partial charge in [-0.2, -0.15) is 0 Å². The van der Waals surface area contributed by atoms with Crippen LogP contribution >= 0.6 is 0 Å². The number of hydrogen-bond acceptors (Lipinski definition) is 4. The molecule has 0 unspecified atom stereocenters. The SMILES string of the molecule is [B]N(CN)CNCN. The van der Waals surface area contributed by atoms with Gasteiger partial charge in [0, 0.05) is 20.0 Å². The molecule has 0 bridgehead atoms. The molecule has 0 rings (SSSR count). The zero-order valence-electron chi connectivity index (χ0n) is 4.80. The minimum atomic E-state index is 0.340. The first-order valence-corrected chi connectivity index (χ1v) is 2.41. The maximum absolute atomic E-state index is 5.25. The van der Waals surface area contributed by atoms with Gasteiger partial charge in [-0.3, -0.25) is 5.32 Å². The van der Waals surface area contributed by atoms with Gasteiger partial charge in [-0.1, -0.05) is 0 Å². The third-order valence-electron chi connectivity index (χ3n) is 0.694. The minimum absolute atomic E-state index is 0.340. The van der Waals surface area contributed by atoms with Gasteiger partial charge in [0.2, 0.25) is 0 Å². The van der Waals surface area contributed by atoms with Crippen LogP contribution in [0.1, 0.15) is 0 Å². The average Bonchev–Trinajstić information content (AvgIpc) is 1.83. The van der Waals surface area contributed by atoms with Gasteiger partial charge < -0.3 is 16.3 Å². The molecule has 0 saturated carbocycles. The lowest BCUT2D eigenvalue weighted by Gasteiger charge is -2.13. The van der Waals surface area contributed by atoms with Crippen LogP contribution in [0.4, 0.5) is 0 Å². The van der Waals surface area contributed by atoms with Gasteiger partial charge in [0.05, 0.1) is 0 Å². The van der Waals surface area contributed by atoms with Crippen molar-refractivity contribution in [2.75, 3.05) is 20.0 Å². The van der Waals surface area contributed by atoms with Gasteiger partial charge in [-0.05, 0) is 0 Å². The van der Waals surface area contributed by atoms with E-state index in [4.69, 9.17) is 19.4 Å². The largest absolute Gasteiger partial charge is 0.331 e. The molecule has 0 aliphatic rings. The Balaban J connectivity index is 2.86. The Labute approximate surface area is 50.6 Å². The number of nitrogens with one attached hydrogen (secondary N) is 1. The maximum Gasteiger partial charge on any atom is 0.185 e. The molecule has 0 saturated heterocycles. The molecule has 5 N–H and O–H groups in total. The van der Waals surface area contributed by atoms with Crippen LogP contribution in [0.3, 0.4) is 0 Å². The van der Waals surface area contributed by atoms with Crippen molar-refractivity contribution in [3.8, 4) is 0 Å². The number of hydrogen-bond donors (Lipinski definition) is 3. The molecule has 0 aliphatic carbocycles. The molecule has 0 aromatic rings. The molecule has 0 spiro atoms. The number of nitrogens with zero attached hydrogens (tertiary/aromatic N) is 1. The van der Waals surface area contributed by atoms with E-state index in [1.54, 1.807) is 0 Å². The summed E-state index contributed by atoms with van der Waals surface area (Å²) in [7, 11) is 5.25. The van der Waals surface area contributed by atoms with E-state index in [1.807, 2.05) is 0 Å². The quantitative estimate of drug-likeness (QED) is 0.285. The van der Waals surface area contributed by atoms with Crippen LogP contribution in [0.2, 0.25) is 0 Å². The Bertz CT molecular complexity index is 50.5. The summed E-state index contributed by atoms with van der Waals surface area (Å²) in [5, 5.41) is 2.80. The Kier molecular flexibility index (Phi) is 4.99. The Morgan fingerprint density at radius 3 is 2.50 bits per heavy atom. The fourth-order valence-electron chi connectivity index (χ4n) is 0.273. The van der Waals surface area contributed by atoms with Crippen LogP contribution in [0.5, 0.6) is 0 Å². The zero-order valence-corrected chi connectivity index (χ0v) is 4.80. The van der Waals surface area contributed by atoms with Crippen molar-refractivity contribution >= 4 is 7.98 Å². The van der Waals surface area contributed by atoms with E-state index < -0.39 is 0 Å². The van der Waals surface area contributed by atoms with E-state index in [1.165, 1.54) is 4.81 Å². The van der Waals surface area contributed by atoms with Crippen molar-refractivity contribution in [2.45, 2.75) is 0 Å². The standard InChI is InChI=1S/C3H11BN4/c4-8(2-6)3-7-1-5/h7H,1-3,5-6H2. The molecule has 0 aliphatic heterocycles. The maximum atomic E-state index is 5.25. The summed E-state index contributed by atoms with van der Waals surface area (Å²) in [5.41, 5.74) is 10.2. The first kappa shape index (κ1) is 7.90. The Morgan fingerprint density at radius 1 is 1.50 bits per heavy atom. The highest BCUT2D eigenvalue weighted by Gasteiger charge is 1.87. The normalized spacial score (nSPS) is 10.4. The molecule has 8 heavy (non-hydrogen) atoms. The smallest absolute Gasteiger partial charge is 0.185 e. The van der Waals surface area contributed by atoms with Crippen LogP contribution in [0.25, 0.3) is 0 Å². The molecule has 0 heterocycles. The summed E-state index contributed by atoms with van der Waals surface area (Å²) in [6.07, 6.45) is 0. The second-order valence-electron chi connectivity index (χ2n) is 1.38. The van der Waals surface area contributed by atoms with Crippen molar-refractivity contribution in [2.24, 2.45) is 11.5 Å². The van der Waals surface area contributed by atoms with E-state index in [9.17, 15) is 0 Å². The zero-order chi connectivity index (χ0) is 6.41. The van der Waals surface area contributed by atoms with Gasteiger partial charge in [-0.25, -0.2) is 0 Å². The summed E-state index contributed by atoms with van der Waals surface area (Å²) in [5.74, 6) is 0. The molecule has 46 valence electrons. The lowest BCUT2D eigenvalue weighted by atomic mass is 10.4. The molecule has 0 atom stereocenters. The molecule has 4 nitrogen and oxygen atoms in total. The predicted octanol–water partition coefficient (Wildman–Crippen LogP) is -2.25. The lowest BCUT2D eigenvalue weighted by molar-refractivity contribution is 0.423. The number of nitrogens with two attached hydrogens (primary N) is 2. The van der Waals surface area contributed by atoms with Crippen molar-refractivity contribution < 1.29 is 0 Å². The van der Waals surface area contributed by atoms with E-state index in [2.05, 4.69) is 5.32 Å². The summed E-state index contributed by atoms with van der Waals surface area (Å²) in [6.45, 7) is 1.30. The van der Waals surface area contributed by atoms with Gasteiger partial charge in [0.25, 0.3) is 0 Å². The van der Waals surface area contributed by atoms with Gasteiger partial charge in [-0.15, -0.1) is 0 Å². The van der Waals surface area contributed by atoms with Crippen LogP contribution < -0.4 is 16.8 Å². The van der Waals surface area contributed by atoms with Crippen LogP contribution in [-0.2, 0) is 0 Å². The van der Waals surface area contributed by atoms with Crippen molar-refractivity contribution in [1.29, 1.82) is 0 Å². The summed E-state index contributed by atoms with van der Waals surface area (Å²) < 4.78 is 0. The third-order valence-corrected chi connectivity index (χ3v) is 0.694. The van der Waals surface area contributed by atoms with E-state index in [0.29, 0.717) is 20.0 Å². The molecule has 0 aromatic carbocycles. The Hall–Kier alpha value is -0.0951. The number of rotatable bonds is 4. The van der Waals surface area contributed by atoms with Crippen LogP contribution in [0, 0.1) is 0 Å². The highest BCUT2D eigenvalue weighted by molar-refractivity contribution is 6.04. The van der Waals surface area contributed by atoms with Gasteiger partial charge in [0.15, 0.2) is 7.98 Å². The van der Waals surface area contributed by atoms with Gasteiger partial charge in [0.1, 0.15) is 0 Å². The highest BCUT2D eigenvalue weighted by atomic mass is 15.2. The van der Waals surface area contributed by atoms with Crippen molar-refractivity contribution in [1.82, 2.24) is 10.1 Å². The average molecular weight is 114 g/mol. The van der Waals surface area contributed by atoms with Crippen molar-refractivity contribution in [3.05, 3.63) is 0 Å². The summed E-state index contributed by atoms with van der Waals surface area (Å²) in [4.78, 5) is 1.42. The third kappa shape index (κ3) is 4.07. The Morgan fingerprint density at radius 2 is 2.12 bits per heavy atom. The van der Waals surface area contributed by atoms with Crippen LogP contribution in [0.15, 0.2) is 0 Å². The van der Waals surface area contributed by atoms with E-state index in [-0.39, 0.29) is 0 Å². The second kappa shape index (κ2) is 5.05. The summed E-state index contributed by atoms with van der Waals surface area (Å²) >= 11 is 0. The molecular formula is C3H11BN4. The van der Waals surface area contributed by atoms with E-state index in [0.717, 1.165) is 0 Å². The minimum Gasteiger partial charge on any atom is -0.331 e. The summed E-state index contributed by atoms with van der Waals surface area (Å²) in [6, 6.07) is 0. The second-order valence-corrected chi connectivity index (χ2v) is 1.38. The monoisotopic (exact) mass is 114 g/mol. The fraction of sp³-hybridized carbons (Fsp3) is 1.00. The lowest BCUT2D eigenvalue weighted by Crippen LogP contribution is -2.38. The van der Waals surface area contributed by atoms with Crippen molar-refractivity contribution in [3.63, 3.8) is 0 Å². The highest BCUT2D eigenvalue weighted by Crippen LogP contribution is 1.65. The topological polar surface area (TPSA) is 67.3 Å². The molecule has 2 radical (unpaired) electrons. The van der Waals surface area contributed by atoms with E-state index >= 15 is 0 Å². The van der Waals surface area contributed by atoms with Crippen LogP contribution in [-0.4, -0.2) is 32.8 Å². The molecule has 0 amide bonds. The first-order chi connectivity index (χ1) is 3.81. The fourth-order valence-corrected chi connectivity index (χ4v) is 0.273. The molecule has 0 fully saturated rings. The molecule has 0 aromatic heterocycles. The van der Waals surface area contributed by atoms with Gasteiger partial charge >= 0.3 is 0 Å².